The molecule has 0 aliphatic carbocycles. The van der Waals surface area contributed by atoms with Crippen molar-refractivity contribution in [3.63, 3.8) is 0 Å². The number of unbranched alkanes of at least 4 members (excludes halogenated alkanes) is 2. The SMILES string of the molecule is CCOc1ccc(-c2nn(-c3ccccc3)cc2C=C2SC(=S)N(CCCCCC(=O)O)C2=O)cc1C. The van der Waals surface area contributed by atoms with Crippen LogP contribution in [0.2, 0.25) is 0 Å². The summed E-state index contributed by atoms with van der Waals surface area (Å²) in [5.74, 6) is -0.0999. The van der Waals surface area contributed by atoms with E-state index >= 15 is 0 Å². The van der Waals surface area contributed by atoms with Crippen LogP contribution in [0, 0.1) is 6.92 Å². The van der Waals surface area contributed by atoms with E-state index < -0.39 is 5.97 Å². The fourth-order valence-corrected chi connectivity index (χ4v) is 5.40. The Morgan fingerprint density at radius 1 is 1.16 bits per heavy atom. The third-order valence-electron chi connectivity index (χ3n) is 5.94. The number of thiocarbonyl (C=S) groups is 1. The van der Waals surface area contributed by atoms with Crippen LogP contribution in [0.1, 0.15) is 43.7 Å². The zero-order chi connectivity index (χ0) is 26.4. The number of aryl methyl sites for hydroxylation is 1. The van der Waals surface area contributed by atoms with Crippen molar-refractivity contribution in [2.75, 3.05) is 13.2 Å². The minimum atomic E-state index is -0.803. The zero-order valence-electron chi connectivity index (χ0n) is 20.8. The van der Waals surface area contributed by atoms with Crippen LogP contribution in [-0.2, 0) is 9.59 Å². The molecule has 192 valence electrons. The molecule has 1 N–H and O–H groups in total. The number of carbonyl (C=O) groups is 2. The van der Waals surface area contributed by atoms with Gasteiger partial charge in [-0.1, -0.05) is 48.6 Å². The van der Waals surface area contributed by atoms with Gasteiger partial charge in [0, 0.05) is 30.3 Å². The van der Waals surface area contributed by atoms with Gasteiger partial charge in [0.2, 0.25) is 0 Å². The molecule has 4 rings (SSSR count). The Morgan fingerprint density at radius 3 is 2.65 bits per heavy atom. The van der Waals surface area contributed by atoms with Crippen LogP contribution in [0.15, 0.2) is 59.6 Å². The van der Waals surface area contributed by atoms with Crippen LogP contribution in [-0.4, -0.2) is 49.1 Å². The molecule has 37 heavy (non-hydrogen) atoms. The largest absolute Gasteiger partial charge is 0.494 e. The molecule has 2 heterocycles. The molecule has 0 unspecified atom stereocenters. The number of aromatic nitrogens is 2. The fraction of sp³-hybridized carbons (Fsp3) is 0.286. The lowest BCUT2D eigenvalue weighted by Crippen LogP contribution is -2.29. The standard InChI is InChI=1S/C28H29N3O4S2/c1-3-35-23-14-13-20(16-19(23)2)26-21(18-31(29-26)22-10-6-4-7-11-22)17-24-27(34)30(28(36)37-24)15-9-5-8-12-25(32)33/h4,6-7,10-11,13-14,16-18H,3,5,8-9,12,15H2,1-2H3,(H,32,33). The summed E-state index contributed by atoms with van der Waals surface area (Å²) in [6.07, 6.45) is 5.94. The van der Waals surface area contributed by atoms with Gasteiger partial charge in [0.1, 0.15) is 15.8 Å². The fourth-order valence-electron chi connectivity index (χ4n) is 4.10. The van der Waals surface area contributed by atoms with E-state index in [1.54, 1.807) is 4.90 Å². The number of ether oxygens (including phenoxy) is 1. The maximum absolute atomic E-state index is 13.2. The first-order valence-corrected chi connectivity index (χ1v) is 13.5. The average Bonchev–Trinajstić information content (AvgIpc) is 3.41. The number of benzene rings is 2. The minimum Gasteiger partial charge on any atom is -0.494 e. The summed E-state index contributed by atoms with van der Waals surface area (Å²) in [5, 5.41) is 13.7. The molecule has 1 fully saturated rings. The molecule has 0 radical (unpaired) electrons. The Balaban J connectivity index is 1.62. The number of thioether (sulfide) groups is 1. The Labute approximate surface area is 226 Å². The lowest BCUT2D eigenvalue weighted by atomic mass is 10.0. The Hall–Kier alpha value is -3.43. The lowest BCUT2D eigenvalue weighted by Gasteiger charge is -2.13. The molecule has 0 spiro atoms. The number of carboxylic acid groups (broad SMARTS) is 1. The Kier molecular flexibility index (Phi) is 8.78. The molecule has 1 aliphatic heterocycles. The molecule has 1 aliphatic rings. The molecule has 9 heteroatoms. The van der Waals surface area contributed by atoms with Gasteiger partial charge in [-0.25, -0.2) is 4.68 Å². The number of carboxylic acids is 1. The van der Waals surface area contributed by atoms with Crippen molar-refractivity contribution >= 4 is 46.3 Å². The summed E-state index contributed by atoms with van der Waals surface area (Å²) in [7, 11) is 0. The molecule has 7 nitrogen and oxygen atoms in total. The molecular weight excluding hydrogens is 506 g/mol. The summed E-state index contributed by atoms with van der Waals surface area (Å²) < 4.78 is 8.03. The average molecular weight is 536 g/mol. The molecule has 1 saturated heterocycles. The van der Waals surface area contributed by atoms with Gasteiger partial charge in [-0.3, -0.25) is 14.5 Å². The van der Waals surface area contributed by atoms with E-state index in [1.807, 2.05) is 79.3 Å². The van der Waals surface area contributed by atoms with Crippen molar-refractivity contribution in [3.05, 3.63) is 70.8 Å². The third-order valence-corrected chi connectivity index (χ3v) is 7.32. The Bertz CT molecular complexity index is 1330. The highest BCUT2D eigenvalue weighted by Gasteiger charge is 2.32. The number of nitrogens with zero attached hydrogens (tertiary/aromatic N) is 3. The number of para-hydroxylation sites is 1. The smallest absolute Gasteiger partial charge is 0.303 e. The number of hydrogen-bond donors (Lipinski definition) is 1. The second kappa shape index (κ2) is 12.2. The van der Waals surface area contributed by atoms with Crippen molar-refractivity contribution in [1.29, 1.82) is 0 Å². The van der Waals surface area contributed by atoms with Crippen LogP contribution < -0.4 is 4.74 Å². The molecule has 0 saturated carbocycles. The maximum Gasteiger partial charge on any atom is 0.303 e. The maximum atomic E-state index is 13.2. The van der Waals surface area contributed by atoms with Gasteiger partial charge in [-0.15, -0.1) is 0 Å². The minimum absolute atomic E-state index is 0.130. The highest BCUT2D eigenvalue weighted by atomic mass is 32.2. The van der Waals surface area contributed by atoms with Crippen LogP contribution in [0.5, 0.6) is 5.75 Å². The number of hydrogen-bond acceptors (Lipinski definition) is 6. The van der Waals surface area contributed by atoms with E-state index in [1.165, 1.54) is 11.8 Å². The number of aliphatic carboxylic acids is 1. The van der Waals surface area contributed by atoms with Crippen molar-refractivity contribution < 1.29 is 19.4 Å². The van der Waals surface area contributed by atoms with E-state index in [4.69, 9.17) is 27.2 Å². The number of carbonyl (C=O) groups excluding carboxylic acids is 1. The van der Waals surface area contributed by atoms with Gasteiger partial charge >= 0.3 is 5.97 Å². The number of rotatable bonds is 11. The van der Waals surface area contributed by atoms with Crippen molar-refractivity contribution in [2.24, 2.45) is 0 Å². The first-order valence-electron chi connectivity index (χ1n) is 12.2. The Morgan fingerprint density at radius 2 is 1.95 bits per heavy atom. The van der Waals surface area contributed by atoms with Gasteiger partial charge in [-0.05, 0) is 68.7 Å². The van der Waals surface area contributed by atoms with Gasteiger partial charge in [0.15, 0.2) is 0 Å². The van der Waals surface area contributed by atoms with Crippen LogP contribution in [0.3, 0.4) is 0 Å². The van der Waals surface area contributed by atoms with E-state index in [0.717, 1.165) is 40.2 Å². The van der Waals surface area contributed by atoms with Crippen LogP contribution in [0.4, 0.5) is 0 Å². The topological polar surface area (TPSA) is 84.7 Å². The quantitative estimate of drug-likeness (QED) is 0.181. The van der Waals surface area contributed by atoms with Gasteiger partial charge in [-0.2, -0.15) is 5.10 Å². The predicted octanol–water partition coefficient (Wildman–Crippen LogP) is 6.09. The highest BCUT2D eigenvalue weighted by molar-refractivity contribution is 8.26. The highest BCUT2D eigenvalue weighted by Crippen LogP contribution is 2.36. The lowest BCUT2D eigenvalue weighted by molar-refractivity contribution is -0.137. The second-order valence-corrected chi connectivity index (χ2v) is 10.3. The van der Waals surface area contributed by atoms with Crippen molar-refractivity contribution in [2.45, 2.75) is 39.5 Å². The third kappa shape index (κ3) is 6.47. The molecule has 3 aromatic rings. The molecule has 1 aromatic heterocycles. The van der Waals surface area contributed by atoms with Crippen molar-refractivity contribution in [1.82, 2.24) is 14.7 Å². The van der Waals surface area contributed by atoms with Crippen LogP contribution in [0.25, 0.3) is 23.0 Å². The summed E-state index contributed by atoms with van der Waals surface area (Å²) in [4.78, 5) is 26.1. The molecule has 2 aromatic carbocycles. The zero-order valence-corrected chi connectivity index (χ0v) is 22.5. The van der Waals surface area contributed by atoms with E-state index in [9.17, 15) is 9.59 Å². The van der Waals surface area contributed by atoms with E-state index in [2.05, 4.69) is 0 Å². The van der Waals surface area contributed by atoms with Gasteiger partial charge in [0.05, 0.1) is 17.2 Å². The van der Waals surface area contributed by atoms with E-state index in [-0.39, 0.29) is 12.3 Å². The van der Waals surface area contributed by atoms with Gasteiger partial charge < -0.3 is 9.84 Å². The molecule has 0 atom stereocenters. The first-order chi connectivity index (χ1) is 17.9. The molecular formula is C28H29N3O4S2. The van der Waals surface area contributed by atoms with E-state index in [0.29, 0.717) is 35.2 Å². The summed E-state index contributed by atoms with van der Waals surface area (Å²) in [6, 6.07) is 15.8. The summed E-state index contributed by atoms with van der Waals surface area (Å²) >= 11 is 6.78. The van der Waals surface area contributed by atoms with Gasteiger partial charge in [0.25, 0.3) is 5.91 Å². The normalized spacial score (nSPS) is 14.5. The van der Waals surface area contributed by atoms with Crippen LogP contribution >= 0.6 is 24.0 Å². The second-order valence-electron chi connectivity index (χ2n) is 8.66. The first kappa shape index (κ1) is 26.6. The predicted molar refractivity (Wildman–Crippen MR) is 151 cm³/mol. The summed E-state index contributed by atoms with van der Waals surface area (Å²) in [5.41, 5.74) is 4.42. The summed E-state index contributed by atoms with van der Waals surface area (Å²) in [6.45, 7) is 5.04. The van der Waals surface area contributed by atoms with Crippen molar-refractivity contribution in [3.8, 4) is 22.7 Å². The monoisotopic (exact) mass is 535 g/mol. The molecule has 1 amide bonds. The molecule has 0 bridgehead atoms. The number of amides is 1.